The Labute approximate surface area is 70.2 Å². The number of morpholine rings is 1. The highest BCUT2D eigenvalue weighted by Crippen LogP contribution is 2.22. The highest BCUT2D eigenvalue weighted by molar-refractivity contribution is 7.10. The molecule has 2 rings (SSSR count). The van der Waals surface area contributed by atoms with Gasteiger partial charge in [0, 0.05) is 18.0 Å². The van der Waals surface area contributed by atoms with Crippen molar-refractivity contribution in [2.75, 3.05) is 19.7 Å². The SMILES string of the molecule is c1csc([C@@H]2CNCCO2)c1. The molecule has 0 bridgehead atoms. The topological polar surface area (TPSA) is 21.3 Å². The van der Waals surface area contributed by atoms with Crippen molar-refractivity contribution in [3.63, 3.8) is 0 Å². The van der Waals surface area contributed by atoms with Crippen LogP contribution in [-0.2, 0) is 4.74 Å². The van der Waals surface area contributed by atoms with E-state index in [9.17, 15) is 0 Å². The van der Waals surface area contributed by atoms with E-state index in [0.717, 1.165) is 19.7 Å². The molecule has 0 saturated carbocycles. The Bertz CT molecular complexity index is 204. The maximum Gasteiger partial charge on any atom is 0.104 e. The molecule has 11 heavy (non-hydrogen) atoms. The molecule has 1 aromatic rings. The van der Waals surface area contributed by atoms with Crippen molar-refractivity contribution >= 4 is 11.3 Å². The second kappa shape index (κ2) is 3.34. The second-order valence-corrected chi connectivity index (χ2v) is 3.56. The third kappa shape index (κ3) is 1.61. The van der Waals surface area contributed by atoms with Crippen LogP contribution in [0.2, 0.25) is 0 Å². The van der Waals surface area contributed by atoms with Crippen molar-refractivity contribution in [3.8, 4) is 0 Å². The Morgan fingerprint density at radius 3 is 3.27 bits per heavy atom. The fourth-order valence-corrected chi connectivity index (χ4v) is 2.00. The van der Waals surface area contributed by atoms with Crippen LogP contribution in [0.5, 0.6) is 0 Å². The Hall–Kier alpha value is -0.380. The van der Waals surface area contributed by atoms with E-state index in [4.69, 9.17) is 4.74 Å². The van der Waals surface area contributed by atoms with E-state index in [0.29, 0.717) is 6.10 Å². The average molecular weight is 169 g/mol. The van der Waals surface area contributed by atoms with E-state index >= 15 is 0 Å². The molecule has 60 valence electrons. The van der Waals surface area contributed by atoms with Crippen LogP contribution in [0.3, 0.4) is 0 Å². The molecule has 1 aliphatic rings. The minimum absolute atomic E-state index is 0.295. The molecule has 1 aliphatic heterocycles. The van der Waals surface area contributed by atoms with Gasteiger partial charge in [0.25, 0.3) is 0 Å². The third-order valence-electron chi connectivity index (χ3n) is 1.79. The van der Waals surface area contributed by atoms with Gasteiger partial charge < -0.3 is 10.1 Å². The van der Waals surface area contributed by atoms with Crippen LogP contribution in [0.4, 0.5) is 0 Å². The lowest BCUT2D eigenvalue weighted by atomic mass is 10.2. The molecule has 1 N–H and O–H groups in total. The van der Waals surface area contributed by atoms with Crippen molar-refractivity contribution in [2.24, 2.45) is 0 Å². The first kappa shape index (κ1) is 7.28. The monoisotopic (exact) mass is 169 g/mol. The quantitative estimate of drug-likeness (QED) is 0.686. The predicted octanol–water partition coefficient (Wildman–Crippen LogP) is 1.41. The highest BCUT2D eigenvalue weighted by Gasteiger charge is 2.15. The molecule has 0 spiro atoms. The average Bonchev–Trinajstić information content (AvgIpc) is 2.58. The van der Waals surface area contributed by atoms with Gasteiger partial charge in [0.05, 0.1) is 6.61 Å². The second-order valence-electron chi connectivity index (χ2n) is 2.58. The van der Waals surface area contributed by atoms with E-state index in [2.05, 4.69) is 22.8 Å². The summed E-state index contributed by atoms with van der Waals surface area (Å²) in [6, 6.07) is 4.19. The molecule has 0 radical (unpaired) electrons. The van der Waals surface area contributed by atoms with Crippen LogP contribution in [0.25, 0.3) is 0 Å². The molecule has 0 aromatic carbocycles. The largest absolute Gasteiger partial charge is 0.370 e. The summed E-state index contributed by atoms with van der Waals surface area (Å²) in [5.41, 5.74) is 0. The Kier molecular flexibility index (Phi) is 2.21. The van der Waals surface area contributed by atoms with Crippen LogP contribution < -0.4 is 5.32 Å². The van der Waals surface area contributed by atoms with Crippen LogP contribution in [0.15, 0.2) is 17.5 Å². The van der Waals surface area contributed by atoms with Crippen molar-refractivity contribution in [1.82, 2.24) is 5.32 Å². The first-order valence-corrected chi connectivity index (χ1v) is 4.70. The van der Waals surface area contributed by atoms with E-state index in [1.807, 2.05) is 0 Å². The molecule has 0 unspecified atom stereocenters. The summed E-state index contributed by atoms with van der Waals surface area (Å²) in [5, 5.41) is 5.40. The Balaban J connectivity index is 2.04. The lowest BCUT2D eigenvalue weighted by Gasteiger charge is -2.22. The van der Waals surface area contributed by atoms with E-state index in [-0.39, 0.29) is 0 Å². The number of hydrogen-bond acceptors (Lipinski definition) is 3. The zero-order valence-corrected chi connectivity index (χ0v) is 7.06. The summed E-state index contributed by atoms with van der Waals surface area (Å²) in [6.07, 6.45) is 0.295. The lowest BCUT2D eigenvalue weighted by molar-refractivity contribution is 0.0299. The van der Waals surface area contributed by atoms with Crippen molar-refractivity contribution < 1.29 is 4.74 Å². The van der Waals surface area contributed by atoms with E-state index < -0.39 is 0 Å². The molecule has 2 nitrogen and oxygen atoms in total. The molecule has 1 fully saturated rings. The first-order valence-electron chi connectivity index (χ1n) is 3.82. The Morgan fingerprint density at radius 2 is 2.64 bits per heavy atom. The number of ether oxygens (including phenoxy) is 1. The molecular formula is C8H11NOS. The zero-order valence-electron chi connectivity index (χ0n) is 6.25. The molecule has 1 aromatic heterocycles. The number of thiophene rings is 1. The maximum atomic E-state index is 5.57. The Morgan fingerprint density at radius 1 is 1.64 bits per heavy atom. The minimum Gasteiger partial charge on any atom is -0.370 e. The van der Waals surface area contributed by atoms with Gasteiger partial charge in [-0.05, 0) is 11.4 Å². The summed E-state index contributed by atoms with van der Waals surface area (Å²) in [4.78, 5) is 1.33. The van der Waals surface area contributed by atoms with Gasteiger partial charge in [0.15, 0.2) is 0 Å². The summed E-state index contributed by atoms with van der Waals surface area (Å²) >= 11 is 1.76. The van der Waals surface area contributed by atoms with Crippen LogP contribution >= 0.6 is 11.3 Å². The van der Waals surface area contributed by atoms with Gasteiger partial charge >= 0.3 is 0 Å². The molecule has 0 amide bonds. The number of rotatable bonds is 1. The van der Waals surface area contributed by atoms with Gasteiger partial charge in [-0.15, -0.1) is 11.3 Å². The number of hydrogen-bond donors (Lipinski definition) is 1. The van der Waals surface area contributed by atoms with Crippen LogP contribution in [0.1, 0.15) is 11.0 Å². The lowest BCUT2D eigenvalue weighted by Crippen LogP contribution is -2.32. The maximum absolute atomic E-state index is 5.57. The summed E-state index contributed by atoms with van der Waals surface area (Å²) < 4.78 is 5.57. The number of nitrogens with one attached hydrogen (secondary N) is 1. The van der Waals surface area contributed by atoms with Gasteiger partial charge in [0.2, 0.25) is 0 Å². The van der Waals surface area contributed by atoms with Crippen LogP contribution in [0, 0.1) is 0 Å². The minimum atomic E-state index is 0.295. The smallest absolute Gasteiger partial charge is 0.104 e. The third-order valence-corrected chi connectivity index (χ3v) is 2.75. The normalized spacial score (nSPS) is 25.3. The molecule has 3 heteroatoms. The van der Waals surface area contributed by atoms with E-state index in [1.165, 1.54) is 4.88 Å². The van der Waals surface area contributed by atoms with E-state index in [1.54, 1.807) is 11.3 Å². The standard InChI is InChI=1S/C8H11NOS/c1-2-8(11-5-1)7-6-9-3-4-10-7/h1-2,5,7,9H,3-4,6H2/t7-/m0/s1. The van der Waals surface area contributed by atoms with Gasteiger partial charge in [0.1, 0.15) is 6.10 Å². The molecular weight excluding hydrogens is 158 g/mol. The van der Waals surface area contributed by atoms with Gasteiger partial charge in [-0.2, -0.15) is 0 Å². The summed E-state index contributed by atoms with van der Waals surface area (Å²) in [6.45, 7) is 2.78. The molecule has 1 atom stereocenters. The van der Waals surface area contributed by atoms with Crippen molar-refractivity contribution in [3.05, 3.63) is 22.4 Å². The van der Waals surface area contributed by atoms with Gasteiger partial charge in [-0.25, -0.2) is 0 Å². The predicted molar refractivity (Wildman–Crippen MR) is 45.9 cm³/mol. The van der Waals surface area contributed by atoms with Gasteiger partial charge in [-0.3, -0.25) is 0 Å². The van der Waals surface area contributed by atoms with Crippen molar-refractivity contribution in [1.29, 1.82) is 0 Å². The summed E-state index contributed by atoms with van der Waals surface area (Å²) in [5.74, 6) is 0. The van der Waals surface area contributed by atoms with Gasteiger partial charge in [-0.1, -0.05) is 6.07 Å². The molecule has 0 aliphatic carbocycles. The molecule has 2 heterocycles. The highest BCUT2D eigenvalue weighted by atomic mass is 32.1. The summed E-state index contributed by atoms with van der Waals surface area (Å²) in [7, 11) is 0. The molecule has 1 saturated heterocycles. The van der Waals surface area contributed by atoms with Crippen molar-refractivity contribution in [2.45, 2.75) is 6.10 Å². The van der Waals surface area contributed by atoms with Crippen LogP contribution in [-0.4, -0.2) is 19.7 Å². The fourth-order valence-electron chi connectivity index (χ4n) is 1.22. The zero-order chi connectivity index (χ0) is 7.52. The first-order chi connectivity index (χ1) is 5.47. The fraction of sp³-hybridized carbons (Fsp3) is 0.500.